The number of carbonyl (C=O) groups is 1. The van der Waals surface area contributed by atoms with E-state index in [0.29, 0.717) is 23.4 Å². The summed E-state index contributed by atoms with van der Waals surface area (Å²) < 4.78 is 32.5. The second-order valence-electron chi connectivity index (χ2n) is 7.02. The van der Waals surface area contributed by atoms with Gasteiger partial charge in [-0.3, -0.25) is 14.7 Å². The quantitative estimate of drug-likeness (QED) is 0.808. The third-order valence-corrected chi connectivity index (χ3v) is 5.26. The molecule has 27 heavy (non-hydrogen) atoms. The molecule has 1 aromatic carbocycles. The van der Waals surface area contributed by atoms with Gasteiger partial charge in [0.25, 0.3) is 0 Å². The maximum absolute atomic E-state index is 13.5. The maximum Gasteiger partial charge on any atom is 0.233 e. The molecule has 3 heterocycles. The average molecular weight is 373 g/mol. The Morgan fingerprint density at radius 1 is 1.15 bits per heavy atom. The number of pyridine rings is 1. The minimum atomic E-state index is -0.639. The van der Waals surface area contributed by atoms with Crippen LogP contribution in [0.4, 0.5) is 14.5 Å². The molecule has 1 fully saturated rings. The van der Waals surface area contributed by atoms with E-state index in [4.69, 9.17) is 4.74 Å². The summed E-state index contributed by atoms with van der Waals surface area (Å²) in [5.41, 5.74) is 2.43. The number of anilines is 1. The number of rotatable bonds is 5. The number of hydrogen-bond donors (Lipinski definition) is 0. The van der Waals surface area contributed by atoms with Crippen LogP contribution in [0, 0.1) is 11.6 Å². The number of aromatic nitrogens is 1. The van der Waals surface area contributed by atoms with Crippen molar-refractivity contribution >= 4 is 11.6 Å². The van der Waals surface area contributed by atoms with Crippen molar-refractivity contribution in [2.45, 2.75) is 18.9 Å². The van der Waals surface area contributed by atoms with E-state index in [1.54, 1.807) is 24.3 Å². The molecule has 1 aromatic heterocycles. The van der Waals surface area contributed by atoms with Crippen LogP contribution in [0.1, 0.15) is 12.1 Å². The Morgan fingerprint density at radius 2 is 1.93 bits per heavy atom. The Morgan fingerprint density at radius 3 is 2.63 bits per heavy atom. The van der Waals surface area contributed by atoms with E-state index in [1.807, 2.05) is 0 Å². The van der Waals surface area contributed by atoms with Gasteiger partial charge in [0.1, 0.15) is 11.6 Å². The van der Waals surface area contributed by atoms with Crippen molar-refractivity contribution in [1.29, 1.82) is 0 Å². The SMILES string of the molecule is COC1CCN(CCN2C(=O)Cc3ncc(-c4cc(F)cc(F)c4)cc32)C1. The van der Waals surface area contributed by atoms with Crippen molar-refractivity contribution in [3.8, 4) is 11.1 Å². The molecule has 0 bridgehead atoms. The van der Waals surface area contributed by atoms with Gasteiger partial charge in [-0.15, -0.1) is 0 Å². The van der Waals surface area contributed by atoms with E-state index >= 15 is 0 Å². The third-order valence-electron chi connectivity index (χ3n) is 5.26. The first kappa shape index (κ1) is 18.0. The van der Waals surface area contributed by atoms with Crippen LogP contribution < -0.4 is 4.90 Å². The lowest BCUT2D eigenvalue weighted by Crippen LogP contribution is -2.36. The number of halogens is 2. The molecule has 4 rings (SSSR count). The van der Waals surface area contributed by atoms with Crippen LogP contribution >= 0.6 is 0 Å². The Balaban J connectivity index is 1.54. The molecule has 0 spiro atoms. The molecule has 142 valence electrons. The highest BCUT2D eigenvalue weighted by atomic mass is 19.1. The van der Waals surface area contributed by atoms with Crippen LogP contribution in [0.5, 0.6) is 0 Å². The van der Waals surface area contributed by atoms with Crippen LogP contribution in [-0.2, 0) is 16.0 Å². The summed E-state index contributed by atoms with van der Waals surface area (Å²) in [5, 5.41) is 0. The first-order valence-corrected chi connectivity index (χ1v) is 9.04. The van der Waals surface area contributed by atoms with E-state index in [2.05, 4.69) is 9.88 Å². The Labute approximate surface area is 156 Å². The van der Waals surface area contributed by atoms with Gasteiger partial charge in [-0.1, -0.05) is 0 Å². The van der Waals surface area contributed by atoms with E-state index in [9.17, 15) is 13.6 Å². The van der Waals surface area contributed by atoms with Gasteiger partial charge in [-0.25, -0.2) is 8.78 Å². The van der Waals surface area contributed by atoms with Crippen molar-refractivity contribution < 1.29 is 18.3 Å². The predicted molar refractivity (Wildman–Crippen MR) is 97.5 cm³/mol. The normalized spacial score (nSPS) is 19.7. The minimum Gasteiger partial charge on any atom is -0.380 e. The number of carbonyl (C=O) groups excluding carboxylic acids is 1. The number of nitrogens with zero attached hydrogens (tertiary/aromatic N) is 3. The summed E-state index contributed by atoms with van der Waals surface area (Å²) in [6, 6.07) is 5.16. The first-order chi connectivity index (χ1) is 13.0. The highest BCUT2D eigenvalue weighted by Crippen LogP contribution is 2.32. The number of fused-ring (bicyclic) bond motifs is 1. The number of likely N-dealkylation sites (tertiary alicyclic amines) is 1. The molecule has 0 aliphatic carbocycles. The Kier molecular flexibility index (Phi) is 4.88. The van der Waals surface area contributed by atoms with Crippen LogP contribution in [0.2, 0.25) is 0 Å². The molecule has 2 aromatic rings. The third kappa shape index (κ3) is 3.70. The first-order valence-electron chi connectivity index (χ1n) is 9.04. The summed E-state index contributed by atoms with van der Waals surface area (Å²) in [7, 11) is 1.72. The van der Waals surface area contributed by atoms with E-state index in [0.717, 1.165) is 37.8 Å². The summed E-state index contributed by atoms with van der Waals surface area (Å²) in [6.07, 6.45) is 3.07. The topological polar surface area (TPSA) is 45.7 Å². The van der Waals surface area contributed by atoms with Crippen molar-refractivity contribution in [1.82, 2.24) is 9.88 Å². The summed E-state index contributed by atoms with van der Waals surface area (Å²) in [6.45, 7) is 3.13. The summed E-state index contributed by atoms with van der Waals surface area (Å²) in [5.74, 6) is -1.28. The number of ether oxygens (including phenoxy) is 1. The molecular weight excluding hydrogens is 352 g/mol. The Bertz CT molecular complexity index is 854. The van der Waals surface area contributed by atoms with Crippen LogP contribution in [0.15, 0.2) is 30.5 Å². The van der Waals surface area contributed by atoms with Crippen molar-refractivity contribution in [2.24, 2.45) is 0 Å². The van der Waals surface area contributed by atoms with Crippen LogP contribution in [0.25, 0.3) is 11.1 Å². The lowest BCUT2D eigenvalue weighted by atomic mass is 10.1. The largest absolute Gasteiger partial charge is 0.380 e. The zero-order chi connectivity index (χ0) is 19.0. The van der Waals surface area contributed by atoms with Gasteiger partial charge in [0.15, 0.2) is 0 Å². The molecule has 2 aliphatic rings. The van der Waals surface area contributed by atoms with Crippen LogP contribution in [-0.4, -0.2) is 55.2 Å². The molecular formula is C20H21F2N3O2. The fourth-order valence-corrected chi connectivity index (χ4v) is 3.78. The number of hydrogen-bond acceptors (Lipinski definition) is 4. The van der Waals surface area contributed by atoms with Gasteiger partial charge < -0.3 is 9.64 Å². The molecule has 1 atom stereocenters. The average Bonchev–Trinajstić information content (AvgIpc) is 3.22. The standard InChI is InChI=1S/C20H21F2N3O2/c1-27-17-2-3-24(12-17)4-5-25-19-8-14(11-23-18(19)10-20(25)26)13-6-15(21)9-16(22)7-13/h6-9,11,17H,2-5,10,12H2,1H3. The Hall–Kier alpha value is -2.38. The van der Waals surface area contributed by atoms with E-state index < -0.39 is 11.6 Å². The zero-order valence-electron chi connectivity index (χ0n) is 15.1. The van der Waals surface area contributed by atoms with Crippen molar-refractivity contribution in [3.05, 3.63) is 47.8 Å². The molecule has 5 nitrogen and oxygen atoms in total. The van der Waals surface area contributed by atoms with Gasteiger partial charge in [0, 0.05) is 51.1 Å². The van der Waals surface area contributed by atoms with Gasteiger partial charge in [0.2, 0.25) is 5.91 Å². The monoisotopic (exact) mass is 373 g/mol. The second-order valence-corrected chi connectivity index (χ2v) is 7.02. The maximum atomic E-state index is 13.5. The molecule has 0 N–H and O–H groups in total. The zero-order valence-corrected chi connectivity index (χ0v) is 15.1. The van der Waals surface area contributed by atoms with Crippen LogP contribution in [0.3, 0.4) is 0 Å². The number of methoxy groups -OCH3 is 1. The van der Waals surface area contributed by atoms with E-state index in [-0.39, 0.29) is 18.4 Å². The number of amides is 1. The molecule has 7 heteroatoms. The van der Waals surface area contributed by atoms with Crippen molar-refractivity contribution in [3.63, 3.8) is 0 Å². The lowest BCUT2D eigenvalue weighted by molar-refractivity contribution is -0.117. The van der Waals surface area contributed by atoms with Gasteiger partial charge >= 0.3 is 0 Å². The fraction of sp³-hybridized carbons (Fsp3) is 0.400. The van der Waals surface area contributed by atoms with Gasteiger partial charge in [-0.2, -0.15) is 0 Å². The molecule has 0 saturated carbocycles. The fourth-order valence-electron chi connectivity index (χ4n) is 3.78. The smallest absolute Gasteiger partial charge is 0.233 e. The highest BCUT2D eigenvalue weighted by Gasteiger charge is 2.30. The van der Waals surface area contributed by atoms with Gasteiger partial charge in [0.05, 0.1) is 23.9 Å². The van der Waals surface area contributed by atoms with E-state index in [1.165, 1.54) is 12.1 Å². The van der Waals surface area contributed by atoms with Gasteiger partial charge in [-0.05, 0) is 30.2 Å². The molecule has 2 aliphatic heterocycles. The lowest BCUT2D eigenvalue weighted by Gasteiger charge is -2.22. The minimum absolute atomic E-state index is 0.00237. The summed E-state index contributed by atoms with van der Waals surface area (Å²) in [4.78, 5) is 20.8. The molecule has 0 radical (unpaired) electrons. The second kappa shape index (κ2) is 7.32. The number of benzene rings is 1. The molecule has 1 unspecified atom stereocenters. The predicted octanol–water partition coefficient (Wildman–Crippen LogP) is 2.64. The molecule has 1 saturated heterocycles. The summed E-state index contributed by atoms with van der Waals surface area (Å²) >= 11 is 0. The van der Waals surface area contributed by atoms with Crippen molar-refractivity contribution in [2.75, 3.05) is 38.2 Å². The molecule has 1 amide bonds. The highest BCUT2D eigenvalue weighted by molar-refractivity contribution is 6.01.